The number of rotatable bonds is 9. The van der Waals surface area contributed by atoms with Gasteiger partial charge in [-0.1, -0.05) is 6.92 Å². The van der Waals surface area contributed by atoms with Gasteiger partial charge in [0, 0.05) is 65.5 Å². The molecule has 2 fully saturated rings. The molecule has 0 amide bonds. The lowest BCUT2D eigenvalue weighted by Gasteiger charge is -2.33. The number of aliphatic imine (C=N–C) groups is 1. The van der Waals surface area contributed by atoms with Crippen molar-refractivity contribution in [3.63, 3.8) is 0 Å². The number of methoxy groups -OCH3 is 1. The Bertz CT molecular complexity index is 393. The highest BCUT2D eigenvalue weighted by Crippen LogP contribution is 2.10. The van der Waals surface area contributed by atoms with E-state index in [0.717, 1.165) is 91.0 Å². The minimum absolute atomic E-state index is 0.515. The first kappa shape index (κ1) is 21.4. The minimum Gasteiger partial charge on any atom is -0.383 e. The van der Waals surface area contributed by atoms with Crippen LogP contribution in [0.4, 0.5) is 0 Å². The van der Waals surface area contributed by atoms with Crippen LogP contribution in [0.25, 0.3) is 0 Å². The zero-order chi connectivity index (χ0) is 18.6. The van der Waals surface area contributed by atoms with Crippen LogP contribution in [0, 0.1) is 5.92 Å². The molecule has 26 heavy (non-hydrogen) atoms. The van der Waals surface area contributed by atoms with Crippen molar-refractivity contribution in [1.82, 2.24) is 20.4 Å². The number of hydrogen-bond donors (Lipinski definition) is 2. The van der Waals surface area contributed by atoms with Crippen molar-refractivity contribution in [2.75, 3.05) is 79.3 Å². The van der Waals surface area contributed by atoms with E-state index in [1.54, 1.807) is 7.11 Å². The average Bonchev–Trinajstić information content (AvgIpc) is 2.66. The fourth-order valence-electron chi connectivity index (χ4n) is 3.56. The Morgan fingerprint density at radius 1 is 1.19 bits per heavy atom. The van der Waals surface area contributed by atoms with Gasteiger partial charge < -0.3 is 25.0 Å². The van der Waals surface area contributed by atoms with E-state index >= 15 is 0 Å². The molecule has 0 spiro atoms. The Balaban J connectivity index is 1.72. The minimum atomic E-state index is 0.515. The molecule has 7 nitrogen and oxygen atoms in total. The number of nitrogens with one attached hydrogen (secondary N) is 2. The van der Waals surface area contributed by atoms with Crippen molar-refractivity contribution in [1.29, 1.82) is 0 Å². The molecular weight excluding hydrogens is 330 g/mol. The summed E-state index contributed by atoms with van der Waals surface area (Å²) in [6, 6.07) is 0.515. The van der Waals surface area contributed by atoms with Gasteiger partial charge >= 0.3 is 0 Å². The van der Waals surface area contributed by atoms with Crippen molar-refractivity contribution >= 4 is 5.96 Å². The fraction of sp³-hybridized carbons (Fsp3) is 0.947. The highest BCUT2D eigenvalue weighted by atomic mass is 16.5. The quantitative estimate of drug-likeness (QED) is 0.459. The maximum atomic E-state index is 5.43. The summed E-state index contributed by atoms with van der Waals surface area (Å²) in [5, 5.41) is 7.05. The first-order valence-corrected chi connectivity index (χ1v) is 10.3. The maximum absolute atomic E-state index is 5.43. The molecule has 0 bridgehead atoms. The third-order valence-corrected chi connectivity index (χ3v) is 5.12. The molecule has 0 aromatic heterocycles. The van der Waals surface area contributed by atoms with Gasteiger partial charge in [0.05, 0.1) is 19.8 Å². The molecule has 0 radical (unpaired) electrons. The predicted molar refractivity (Wildman–Crippen MR) is 107 cm³/mol. The first-order valence-electron chi connectivity index (χ1n) is 10.3. The topological polar surface area (TPSA) is 61.4 Å². The van der Waals surface area contributed by atoms with E-state index < -0.39 is 0 Å². The smallest absolute Gasteiger partial charge is 0.191 e. The van der Waals surface area contributed by atoms with Crippen molar-refractivity contribution in [2.45, 2.75) is 32.7 Å². The molecule has 0 aromatic carbocycles. The van der Waals surface area contributed by atoms with Gasteiger partial charge in [-0.05, 0) is 25.7 Å². The summed E-state index contributed by atoms with van der Waals surface area (Å²) in [7, 11) is 1.77. The summed E-state index contributed by atoms with van der Waals surface area (Å²) in [6.45, 7) is 15.2. The second-order valence-corrected chi connectivity index (χ2v) is 7.49. The lowest BCUT2D eigenvalue weighted by molar-refractivity contribution is 0.0323. The molecule has 2 heterocycles. The Hall–Kier alpha value is -0.890. The van der Waals surface area contributed by atoms with Crippen molar-refractivity contribution in [3.05, 3.63) is 0 Å². The molecule has 1 atom stereocenters. The van der Waals surface area contributed by atoms with E-state index in [4.69, 9.17) is 14.5 Å². The van der Waals surface area contributed by atoms with Gasteiger partial charge in [-0.3, -0.25) is 9.89 Å². The largest absolute Gasteiger partial charge is 0.383 e. The number of nitrogens with zero attached hydrogens (tertiary/aromatic N) is 3. The molecule has 2 aliphatic heterocycles. The molecule has 1 unspecified atom stereocenters. The van der Waals surface area contributed by atoms with Crippen LogP contribution in [0.2, 0.25) is 0 Å². The fourth-order valence-corrected chi connectivity index (χ4v) is 3.56. The van der Waals surface area contributed by atoms with Crippen molar-refractivity contribution < 1.29 is 9.47 Å². The summed E-state index contributed by atoms with van der Waals surface area (Å²) in [5.74, 6) is 1.52. The van der Waals surface area contributed by atoms with E-state index in [0.29, 0.717) is 12.0 Å². The van der Waals surface area contributed by atoms with Crippen LogP contribution >= 0.6 is 0 Å². The summed E-state index contributed by atoms with van der Waals surface area (Å²) in [5.41, 5.74) is 0. The molecule has 0 saturated carbocycles. The molecule has 152 valence electrons. The van der Waals surface area contributed by atoms with Gasteiger partial charge in [-0.15, -0.1) is 0 Å². The molecule has 0 aliphatic carbocycles. The molecule has 7 heteroatoms. The van der Waals surface area contributed by atoms with E-state index in [-0.39, 0.29) is 0 Å². The van der Waals surface area contributed by atoms with Gasteiger partial charge in [-0.2, -0.15) is 0 Å². The molecule has 2 N–H and O–H groups in total. The zero-order valence-corrected chi connectivity index (χ0v) is 17.0. The number of likely N-dealkylation sites (tertiary alicyclic amines) is 1. The number of guanidine groups is 1. The Morgan fingerprint density at radius 3 is 2.58 bits per heavy atom. The van der Waals surface area contributed by atoms with Crippen LogP contribution in [-0.4, -0.2) is 101 Å². The van der Waals surface area contributed by atoms with Crippen LogP contribution < -0.4 is 10.6 Å². The van der Waals surface area contributed by atoms with E-state index in [1.807, 2.05) is 0 Å². The second-order valence-electron chi connectivity index (χ2n) is 7.49. The summed E-state index contributed by atoms with van der Waals surface area (Å²) < 4.78 is 10.6. The lowest BCUT2D eigenvalue weighted by atomic mass is 10.1. The summed E-state index contributed by atoms with van der Waals surface area (Å²) in [4.78, 5) is 9.81. The molecule has 2 rings (SSSR count). The third-order valence-electron chi connectivity index (χ3n) is 5.12. The zero-order valence-electron chi connectivity index (χ0n) is 17.0. The molecule has 2 aliphatic rings. The monoisotopic (exact) mass is 369 g/mol. The van der Waals surface area contributed by atoms with Crippen LogP contribution in [0.15, 0.2) is 4.99 Å². The van der Waals surface area contributed by atoms with Gasteiger partial charge in [0.15, 0.2) is 5.96 Å². The van der Waals surface area contributed by atoms with Crippen LogP contribution in [0.5, 0.6) is 0 Å². The molecule has 0 aromatic rings. The van der Waals surface area contributed by atoms with Gasteiger partial charge in [-0.25, -0.2) is 0 Å². The maximum Gasteiger partial charge on any atom is 0.191 e. The highest BCUT2D eigenvalue weighted by Gasteiger charge is 2.20. The number of hydrogen-bond acceptors (Lipinski definition) is 5. The number of ether oxygens (including phenoxy) is 2. The SMILES string of the molecule is CCNC(=NCC(C)CN1CCOCC1)NC1CCN(CCOC)CC1. The second kappa shape index (κ2) is 12.5. The number of morpholine rings is 1. The normalized spacial score (nSPS) is 22.3. The van der Waals surface area contributed by atoms with E-state index in [1.165, 1.54) is 0 Å². The molecular formula is C19H39N5O2. The van der Waals surface area contributed by atoms with Crippen LogP contribution in [-0.2, 0) is 9.47 Å². The number of piperidine rings is 1. The summed E-state index contributed by atoms with van der Waals surface area (Å²) in [6.07, 6.45) is 2.33. The first-order chi connectivity index (χ1) is 12.7. The predicted octanol–water partition coefficient (Wildman–Crippen LogP) is 0.621. The highest BCUT2D eigenvalue weighted by molar-refractivity contribution is 5.80. The Morgan fingerprint density at radius 2 is 1.92 bits per heavy atom. The van der Waals surface area contributed by atoms with Gasteiger partial charge in [0.1, 0.15) is 0 Å². The van der Waals surface area contributed by atoms with Crippen LogP contribution in [0.1, 0.15) is 26.7 Å². The summed E-state index contributed by atoms with van der Waals surface area (Å²) >= 11 is 0. The Labute approximate surface area is 159 Å². The lowest BCUT2D eigenvalue weighted by Crippen LogP contribution is -2.49. The van der Waals surface area contributed by atoms with E-state index in [2.05, 4.69) is 34.3 Å². The van der Waals surface area contributed by atoms with Crippen LogP contribution in [0.3, 0.4) is 0 Å². The Kier molecular flexibility index (Phi) is 10.3. The van der Waals surface area contributed by atoms with Gasteiger partial charge in [0.25, 0.3) is 0 Å². The standard InChI is InChI=1S/C19H39N5O2/c1-4-20-19(21-15-17(2)16-24-10-13-26-14-11-24)22-18-5-7-23(8-6-18)9-12-25-3/h17-18H,4-16H2,1-3H3,(H2,20,21,22). The van der Waals surface area contributed by atoms with Crippen molar-refractivity contribution in [2.24, 2.45) is 10.9 Å². The average molecular weight is 370 g/mol. The molecule has 2 saturated heterocycles. The van der Waals surface area contributed by atoms with Gasteiger partial charge in [0.2, 0.25) is 0 Å². The third kappa shape index (κ3) is 8.20. The van der Waals surface area contributed by atoms with E-state index in [9.17, 15) is 0 Å². The van der Waals surface area contributed by atoms with Crippen molar-refractivity contribution in [3.8, 4) is 0 Å².